The van der Waals surface area contributed by atoms with E-state index >= 15 is 0 Å². The van der Waals surface area contributed by atoms with Crippen molar-refractivity contribution in [2.45, 2.75) is 32.7 Å². The smallest absolute Gasteiger partial charge is 0.263 e. The van der Waals surface area contributed by atoms with E-state index in [4.69, 9.17) is 16.9 Å². The van der Waals surface area contributed by atoms with Gasteiger partial charge in [0.1, 0.15) is 11.6 Å². The van der Waals surface area contributed by atoms with E-state index in [1.807, 2.05) is 24.3 Å². The van der Waals surface area contributed by atoms with Gasteiger partial charge in [0.15, 0.2) is 0 Å². The molecule has 0 heterocycles. The molecule has 1 aromatic carbocycles. The second kappa shape index (κ2) is 9.84. The Kier molecular flexibility index (Phi) is 8.00. The van der Waals surface area contributed by atoms with Crippen LogP contribution in [0.3, 0.4) is 0 Å². The summed E-state index contributed by atoms with van der Waals surface area (Å²) in [6.45, 7) is 3.18. The molecule has 0 aromatic heterocycles. The molecule has 0 aliphatic rings. The second-order valence-corrected chi connectivity index (χ2v) is 5.01. The molecule has 2 N–H and O–H groups in total. The molecule has 112 valence electrons. The van der Waals surface area contributed by atoms with Crippen molar-refractivity contribution in [3.63, 3.8) is 0 Å². The zero-order chi connectivity index (χ0) is 15.5. The lowest BCUT2D eigenvalue weighted by atomic mass is 10.2. The van der Waals surface area contributed by atoms with Crippen molar-refractivity contribution in [3.05, 3.63) is 46.6 Å². The van der Waals surface area contributed by atoms with Crippen molar-refractivity contribution in [3.8, 4) is 6.07 Å². The maximum absolute atomic E-state index is 11.9. The van der Waals surface area contributed by atoms with Crippen molar-refractivity contribution >= 4 is 17.5 Å². The minimum absolute atomic E-state index is 0.0681. The standard InChI is InChI=1S/C16H20ClN3O/c1-2-3-6-9-19-11-14(10-18)16(21)20-12-13-7-4-5-8-15(13)17/h4-5,7-8,11,19H,2-3,6,9,12H2,1H3,(H,20,21)/b14-11-. The number of benzene rings is 1. The first kappa shape index (κ1) is 17.1. The summed E-state index contributed by atoms with van der Waals surface area (Å²) >= 11 is 6.01. The molecule has 1 amide bonds. The summed E-state index contributed by atoms with van der Waals surface area (Å²) in [6, 6.07) is 9.17. The van der Waals surface area contributed by atoms with Crippen LogP contribution in [0.1, 0.15) is 31.7 Å². The number of carbonyl (C=O) groups excluding carboxylic acids is 1. The maximum atomic E-state index is 11.9. The summed E-state index contributed by atoms with van der Waals surface area (Å²) in [7, 11) is 0. The Balaban J connectivity index is 2.46. The van der Waals surface area contributed by atoms with Gasteiger partial charge in [-0.1, -0.05) is 49.6 Å². The highest BCUT2D eigenvalue weighted by atomic mass is 35.5. The van der Waals surface area contributed by atoms with Gasteiger partial charge in [-0.15, -0.1) is 0 Å². The maximum Gasteiger partial charge on any atom is 0.263 e. The van der Waals surface area contributed by atoms with Crippen LogP contribution in [0, 0.1) is 11.3 Å². The summed E-state index contributed by atoms with van der Waals surface area (Å²) in [5.74, 6) is -0.402. The van der Waals surface area contributed by atoms with Crippen LogP contribution in [-0.4, -0.2) is 12.5 Å². The van der Waals surface area contributed by atoms with Crippen molar-refractivity contribution in [2.24, 2.45) is 0 Å². The molecule has 5 heteroatoms. The van der Waals surface area contributed by atoms with Gasteiger partial charge in [0.05, 0.1) is 0 Å². The largest absolute Gasteiger partial charge is 0.390 e. The molecule has 0 unspecified atom stereocenters. The summed E-state index contributed by atoms with van der Waals surface area (Å²) in [6.07, 6.45) is 4.75. The number of unbranched alkanes of at least 4 members (excludes halogenated alkanes) is 2. The van der Waals surface area contributed by atoms with Crippen molar-refractivity contribution in [1.29, 1.82) is 5.26 Å². The van der Waals surface area contributed by atoms with Crippen molar-refractivity contribution < 1.29 is 4.79 Å². The summed E-state index contributed by atoms with van der Waals surface area (Å²) < 4.78 is 0. The van der Waals surface area contributed by atoms with E-state index in [0.717, 1.165) is 31.4 Å². The molecule has 0 aliphatic heterocycles. The Labute approximate surface area is 130 Å². The third-order valence-electron chi connectivity index (χ3n) is 2.93. The number of halogens is 1. The van der Waals surface area contributed by atoms with E-state index in [-0.39, 0.29) is 5.57 Å². The van der Waals surface area contributed by atoms with Crippen LogP contribution in [0.5, 0.6) is 0 Å². The Morgan fingerprint density at radius 2 is 2.14 bits per heavy atom. The van der Waals surface area contributed by atoms with Gasteiger partial charge in [-0.2, -0.15) is 5.26 Å². The Bertz CT molecular complexity index is 535. The lowest BCUT2D eigenvalue weighted by Crippen LogP contribution is -2.25. The van der Waals surface area contributed by atoms with Gasteiger partial charge in [0.25, 0.3) is 5.91 Å². The monoisotopic (exact) mass is 305 g/mol. The average molecular weight is 306 g/mol. The Morgan fingerprint density at radius 1 is 1.38 bits per heavy atom. The fraction of sp³-hybridized carbons (Fsp3) is 0.375. The normalized spacial score (nSPS) is 10.8. The van der Waals surface area contributed by atoms with E-state index in [1.165, 1.54) is 6.20 Å². The average Bonchev–Trinajstić information content (AvgIpc) is 2.50. The SMILES string of the molecule is CCCCCN/C=C(/C#N)C(=O)NCc1ccccc1Cl. The number of rotatable bonds is 8. The molecule has 0 aliphatic carbocycles. The quantitative estimate of drug-likeness (QED) is 0.440. The Hall–Kier alpha value is -1.99. The number of nitrogens with one attached hydrogen (secondary N) is 2. The molecule has 0 saturated carbocycles. The first-order valence-electron chi connectivity index (χ1n) is 7.04. The number of hydrogen-bond acceptors (Lipinski definition) is 3. The molecular weight excluding hydrogens is 286 g/mol. The highest BCUT2D eigenvalue weighted by Crippen LogP contribution is 2.14. The molecule has 4 nitrogen and oxygen atoms in total. The van der Waals surface area contributed by atoms with Crippen LogP contribution in [-0.2, 0) is 11.3 Å². The van der Waals surface area contributed by atoms with E-state index in [2.05, 4.69) is 17.6 Å². The van der Waals surface area contributed by atoms with Crippen molar-refractivity contribution in [2.75, 3.05) is 6.54 Å². The van der Waals surface area contributed by atoms with Gasteiger partial charge in [-0.05, 0) is 18.1 Å². The second-order valence-electron chi connectivity index (χ2n) is 4.61. The van der Waals surface area contributed by atoms with Crippen LogP contribution in [0.2, 0.25) is 5.02 Å². The van der Waals surface area contributed by atoms with Crippen LogP contribution in [0.25, 0.3) is 0 Å². The first-order chi connectivity index (χ1) is 10.2. The van der Waals surface area contributed by atoms with E-state index < -0.39 is 5.91 Å². The minimum atomic E-state index is -0.402. The summed E-state index contributed by atoms with van der Waals surface area (Å²) in [5.41, 5.74) is 0.888. The predicted molar refractivity (Wildman–Crippen MR) is 84.5 cm³/mol. The summed E-state index contributed by atoms with van der Waals surface area (Å²) in [4.78, 5) is 11.9. The molecule has 0 fully saturated rings. The molecule has 0 atom stereocenters. The van der Waals surface area contributed by atoms with Gasteiger partial charge in [-0.3, -0.25) is 4.79 Å². The molecule has 0 spiro atoms. The highest BCUT2D eigenvalue weighted by Gasteiger charge is 2.09. The number of carbonyl (C=O) groups is 1. The zero-order valence-corrected chi connectivity index (χ0v) is 12.9. The third-order valence-corrected chi connectivity index (χ3v) is 3.30. The van der Waals surface area contributed by atoms with Crippen LogP contribution in [0.4, 0.5) is 0 Å². The predicted octanol–water partition coefficient (Wildman–Crippen LogP) is 3.14. The fourth-order valence-corrected chi connectivity index (χ4v) is 1.91. The lowest BCUT2D eigenvalue weighted by Gasteiger charge is -2.06. The minimum Gasteiger partial charge on any atom is -0.390 e. The van der Waals surface area contributed by atoms with Crippen molar-refractivity contribution in [1.82, 2.24) is 10.6 Å². The van der Waals surface area contributed by atoms with Crippen LogP contribution < -0.4 is 10.6 Å². The molecule has 1 aromatic rings. The highest BCUT2D eigenvalue weighted by molar-refractivity contribution is 6.31. The lowest BCUT2D eigenvalue weighted by molar-refractivity contribution is -0.117. The fourth-order valence-electron chi connectivity index (χ4n) is 1.71. The van der Waals surface area contributed by atoms with Gasteiger partial charge in [0, 0.05) is 24.3 Å². The molecule has 0 bridgehead atoms. The molecule has 0 radical (unpaired) electrons. The number of nitriles is 1. The van der Waals surface area contributed by atoms with Crippen LogP contribution >= 0.6 is 11.6 Å². The Morgan fingerprint density at radius 3 is 2.81 bits per heavy atom. The molecule has 21 heavy (non-hydrogen) atoms. The van der Waals surface area contributed by atoms with Gasteiger partial charge in [0.2, 0.25) is 0 Å². The third kappa shape index (κ3) is 6.33. The van der Waals surface area contributed by atoms with Gasteiger partial charge < -0.3 is 10.6 Å². The molecule has 0 saturated heterocycles. The van der Waals surface area contributed by atoms with E-state index in [1.54, 1.807) is 6.07 Å². The molecule has 1 rings (SSSR count). The molecular formula is C16H20ClN3O. The topological polar surface area (TPSA) is 64.9 Å². The van der Waals surface area contributed by atoms with Gasteiger partial charge in [-0.25, -0.2) is 0 Å². The van der Waals surface area contributed by atoms with Crippen LogP contribution in [0.15, 0.2) is 36.0 Å². The van der Waals surface area contributed by atoms with E-state index in [0.29, 0.717) is 11.6 Å². The van der Waals surface area contributed by atoms with Gasteiger partial charge >= 0.3 is 0 Å². The zero-order valence-electron chi connectivity index (χ0n) is 12.2. The first-order valence-corrected chi connectivity index (χ1v) is 7.42. The number of nitrogens with zero attached hydrogens (tertiary/aromatic N) is 1. The number of amides is 1. The van der Waals surface area contributed by atoms with E-state index in [9.17, 15) is 4.79 Å². The summed E-state index contributed by atoms with van der Waals surface area (Å²) in [5, 5.41) is 15.3. The number of hydrogen-bond donors (Lipinski definition) is 2.